The van der Waals surface area contributed by atoms with E-state index in [4.69, 9.17) is 10.5 Å². The smallest absolute Gasteiger partial charge is 0.144 e. The van der Waals surface area contributed by atoms with E-state index in [1.807, 2.05) is 6.07 Å². The summed E-state index contributed by atoms with van der Waals surface area (Å²) in [7, 11) is 0. The summed E-state index contributed by atoms with van der Waals surface area (Å²) in [6.07, 6.45) is 2.28. The van der Waals surface area contributed by atoms with Crippen molar-refractivity contribution in [3.8, 4) is 5.75 Å². The Balaban J connectivity index is 2.12. The van der Waals surface area contributed by atoms with E-state index in [1.54, 1.807) is 0 Å². The third-order valence-electron chi connectivity index (χ3n) is 3.25. The number of rotatable bonds is 4. The van der Waals surface area contributed by atoms with Gasteiger partial charge in [0.25, 0.3) is 0 Å². The summed E-state index contributed by atoms with van der Waals surface area (Å²) in [5, 5.41) is 0. The monoisotopic (exact) mass is 234 g/mol. The predicted molar refractivity (Wildman–Crippen MR) is 72.6 cm³/mol. The lowest BCUT2D eigenvalue weighted by molar-refractivity contribution is 0.319. The van der Waals surface area contributed by atoms with Crippen LogP contribution in [0.2, 0.25) is 0 Å². The van der Waals surface area contributed by atoms with Crippen LogP contribution in [0.25, 0.3) is 0 Å². The van der Waals surface area contributed by atoms with Gasteiger partial charge in [0, 0.05) is 24.8 Å². The average Bonchev–Trinajstić information content (AvgIpc) is 2.75. The molecule has 1 aliphatic heterocycles. The second-order valence-electron chi connectivity index (χ2n) is 4.91. The molecule has 1 unspecified atom stereocenters. The molecule has 94 valence electrons. The van der Waals surface area contributed by atoms with Crippen LogP contribution in [0.5, 0.6) is 5.75 Å². The molecule has 1 aliphatic rings. The summed E-state index contributed by atoms with van der Waals surface area (Å²) < 4.78 is 5.66. The first-order valence-electron chi connectivity index (χ1n) is 6.48. The summed E-state index contributed by atoms with van der Waals surface area (Å²) in [6, 6.07) is 6.11. The number of nitrogens with two attached hydrogens (primary N) is 1. The van der Waals surface area contributed by atoms with E-state index in [1.165, 1.54) is 12.1 Å². The molecular weight excluding hydrogens is 212 g/mol. The Hall–Kier alpha value is -1.38. The number of nitrogens with zero attached hydrogens (tertiary/aromatic N) is 1. The fraction of sp³-hybridized carbons (Fsp3) is 0.571. The molecule has 0 aliphatic carbocycles. The van der Waals surface area contributed by atoms with E-state index >= 15 is 0 Å². The summed E-state index contributed by atoms with van der Waals surface area (Å²) in [4.78, 5) is 2.41. The van der Waals surface area contributed by atoms with E-state index in [0.29, 0.717) is 0 Å². The first-order valence-corrected chi connectivity index (χ1v) is 6.48. The van der Waals surface area contributed by atoms with E-state index in [0.717, 1.165) is 43.5 Å². The lowest BCUT2D eigenvalue weighted by Gasteiger charge is -2.19. The Morgan fingerprint density at radius 2 is 2.29 bits per heavy atom. The van der Waals surface area contributed by atoms with E-state index in [-0.39, 0.29) is 0 Å². The SMILES string of the molecule is CCCOc1cc(N2CCC(C)C2)ccc1N. The molecule has 1 heterocycles. The van der Waals surface area contributed by atoms with E-state index in [2.05, 4.69) is 30.9 Å². The van der Waals surface area contributed by atoms with Gasteiger partial charge in [-0.2, -0.15) is 0 Å². The fourth-order valence-corrected chi connectivity index (χ4v) is 2.23. The molecule has 1 saturated heterocycles. The fourth-order valence-electron chi connectivity index (χ4n) is 2.23. The Morgan fingerprint density at radius 3 is 2.94 bits per heavy atom. The Bertz CT molecular complexity index is 378. The number of hydrogen-bond donors (Lipinski definition) is 1. The number of hydrogen-bond acceptors (Lipinski definition) is 3. The van der Waals surface area contributed by atoms with Crippen molar-refractivity contribution in [2.24, 2.45) is 5.92 Å². The Kier molecular flexibility index (Phi) is 3.77. The second kappa shape index (κ2) is 5.30. The van der Waals surface area contributed by atoms with Crippen LogP contribution >= 0.6 is 0 Å². The largest absolute Gasteiger partial charge is 0.491 e. The third kappa shape index (κ3) is 2.84. The van der Waals surface area contributed by atoms with Gasteiger partial charge < -0.3 is 15.4 Å². The average molecular weight is 234 g/mol. The van der Waals surface area contributed by atoms with Crippen molar-refractivity contribution in [3.63, 3.8) is 0 Å². The van der Waals surface area contributed by atoms with Gasteiger partial charge in [0.1, 0.15) is 5.75 Å². The van der Waals surface area contributed by atoms with Crippen LogP contribution < -0.4 is 15.4 Å². The topological polar surface area (TPSA) is 38.5 Å². The molecule has 2 rings (SSSR count). The zero-order chi connectivity index (χ0) is 12.3. The lowest BCUT2D eigenvalue weighted by Crippen LogP contribution is -2.19. The van der Waals surface area contributed by atoms with Crippen molar-refractivity contribution in [1.29, 1.82) is 0 Å². The Morgan fingerprint density at radius 1 is 1.47 bits per heavy atom. The minimum Gasteiger partial charge on any atom is -0.491 e. The van der Waals surface area contributed by atoms with Crippen LogP contribution in [0.3, 0.4) is 0 Å². The number of nitrogen functional groups attached to an aromatic ring is 1. The molecule has 0 saturated carbocycles. The van der Waals surface area contributed by atoms with Gasteiger partial charge in [-0.05, 0) is 30.9 Å². The number of anilines is 2. The van der Waals surface area contributed by atoms with Gasteiger partial charge in [-0.3, -0.25) is 0 Å². The molecule has 0 radical (unpaired) electrons. The summed E-state index contributed by atoms with van der Waals surface area (Å²) in [5.41, 5.74) is 7.87. The molecule has 0 bridgehead atoms. The minimum atomic E-state index is 0.726. The first-order chi connectivity index (χ1) is 8.20. The molecule has 3 heteroatoms. The van der Waals surface area contributed by atoms with Crippen LogP contribution in [0, 0.1) is 5.92 Å². The number of ether oxygens (including phenoxy) is 1. The highest BCUT2D eigenvalue weighted by Crippen LogP contribution is 2.30. The maximum absolute atomic E-state index is 5.91. The predicted octanol–water partition coefficient (Wildman–Crippen LogP) is 2.90. The molecule has 1 aromatic carbocycles. The standard InChI is InChI=1S/C14H22N2O/c1-3-8-17-14-9-12(4-5-13(14)15)16-7-6-11(2)10-16/h4-5,9,11H,3,6-8,10,15H2,1-2H3. The van der Waals surface area contributed by atoms with Crippen molar-refractivity contribution >= 4 is 11.4 Å². The minimum absolute atomic E-state index is 0.726. The van der Waals surface area contributed by atoms with Crippen LogP contribution in [-0.4, -0.2) is 19.7 Å². The molecular formula is C14H22N2O. The van der Waals surface area contributed by atoms with Gasteiger partial charge in [0.2, 0.25) is 0 Å². The highest BCUT2D eigenvalue weighted by molar-refractivity contribution is 5.62. The van der Waals surface area contributed by atoms with Crippen LogP contribution in [-0.2, 0) is 0 Å². The maximum atomic E-state index is 5.91. The van der Waals surface area contributed by atoms with Crippen molar-refractivity contribution < 1.29 is 4.74 Å². The maximum Gasteiger partial charge on any atom is 0.144 e. The molecule has 0 aromatic heterocycles. The van der Waals surface area contributed by atoms with E-state index in [9.17, 15) is 0 Å². The van der Waals surface area contributed by atoms with Crippen molar-refractivity contribution in [1.82, 2.24) is 0 Å². The van der Waals surface area contributed by atoms with Gasteiger partial charge in [-0.15, -0.1) is 0 Å². The van der Waals surface area contributed by atoms with E-state index < -0.39 is 0 Å². The summed E-state index contributed by atoms with van der Waals surface area (Å²) in [6.45, 7) is 7.40. The van der Waals surface area contributed by atoms with Crippen LogP contribution in [0.15, 0.2) is 18.2 Å². The van der Waals surface area contributed by atoms with Gasteiger partial charge in [0.05, 0.1) is 12.3 Å². The normalized spacial score (nSPS) is 19.6. The summed E-state index contributed by atoms with van der Waals surface area (Å²) in [5.74, 6) is 1.61. The molecule has 0 spiro atoms. The van der Waals surface area contributed by atoms with Gasteiger partial charge in [-0.25, -0.2) is 0 Å². The Labute approximate surface area is 104 Å². The summed E-state index contributed by atoms with van der Waals surface area (Å²) >= 11 is 0. The zero-order valence-electron chi connectivity index (χ0n) is 10.8. The molecule has 2 N–H and O–H groups in total. The van der Waals surface area contributed by atoms with Crippen molar-refractivity contribution in [2.75, 3.05) is 30.3 Å². The van der Waals surface area contributed by atoms with Crippen LogP contribution in [0.4, 0.5) is 11.4 Å². The quantitative estimate of drug-likeness (QED) is 0.814. The van der Waals surface area contributed by atoms with Gasteiger partial charge in [-0.1, -0.05) is 13.8 Å². The number of benzene rings is 1. The molecule has 0 amide bonds. The lowest BCUT2D eigenvalue weighted by atomic mass is 10.2. The first kappa shape index (κ1) is 12.1. The molecule has 1 aromatic rings. The highest BCUT2D eigenvalue weighted by atomic mass is 16.5. The molecule has 1 atom stereocenters. The van der Waals surface area contributed by atoms with Gasteiger partial charge in [0.15, 0.2) is 0 Å². The molecule has 3 nitrogen and oxygen atoms in total. The second-order valence-corrected chi connectivity index (χ2v) is 4.91. The molecule has 17 heavy (non-hydrogen) atoms. The highest BCUT2D eigenvalue weighted by Gasteiger charge is 2.19. The molecule has 1 fully saturated rings. The van der Waals surface area contributed by atoms with Crippen molar-refractivity contribution in [3.05, 3.63) is 18.2 Å². The third-order valence-corrected chi connectivity index (χ3v) is 3.25. The van der Waals surface area contributed by atoms with Crippen LogP contribution in [0.1, 0.15) is 26.7 Å². The van der Waals surface area contributed by atoms with Gasteiger partial charge >= 0.3 is 0 Å². The van der Waals surface area contributed by atoms with Crippen molar-refractivity contribution in [2.45, 2.75) is 26.7 Å². The zero-order valence-corrected chi connectivity index (χ0v) is 10.8.